The highest BCUT2D eigenvalue weighted by atomic mass is 32.1. The van der Waals surface area contributed by atoms with E-state index in [0.717, 1.165) is 17.2 Å². The fourth-order valence-electron chi connectivity index (χ4n) is 3.79. The van der Waals surface area contributed by atoms with Crippen LogP contribution in [-0.2, 0) is 19.1 Å². The van der Waals surface area contributed by atoms with Crippen molar-refractivity contribution in [3.63, 3.8) is 0 Å². The fraction of sp³-hybridized carbons (Fsp3) is 0.500. The topological polar surface area (TPSA) is 237 Å². The van der Waals surface area contributed by atoms with Gasteiger partial charge in [0, 0.05) is 37.2 Å². The second kappa shape index (κ2) is 7.93. The number of carboxylic acids is 3. The van der Waals surface area contributed by atoms with Gasteiger partial charge < -0.3 is 54.7 Å². The Morgan fingerprint density at radius 3 is 2.35 bits per heavy atom. The van der Waals surface area contributed by atoms with Crippen LogP contribution in [0.2, 0.25) is 0 Å². The molecule has 2 aromatic heterocycles. The second-order valence-corrected chi connectivity index (χ2v) is 7.44. The number of H-pyrrole nitrogens is 1. The van der Waals surface area contributed by atoms with Crippen LogP contribution < -0.4 is 15.3 Å². The Bertz CT molecular complexity index is 1100. The second-order valence-electron chi connectivity index (χ2n) is 7.06. The van der Waals surface area contributed by atoms with Crippen molar-refractivity contribution in [3.8, 4) is 0 Å². The third kappa shape index (κ3) is 3.77. The van der Waals surface area contributed by atoms with E-state index in [1.165, 1.54) is 0 Å². The number of aliphatic carboxylic acids is 3. The van der Waals surface area contributed by atoms with Gasteiger partial charge in [-0.05, 0) is 0 Å². The Morgan fingerprint density at radius 2 is 1.77 bits per heavy atom. The molecular formula is C16H15N4O10S-3. The number of carboxylic acid groups (broad SMARTS) is 3. The van der Waals surface area contributed by atoms with E-state index in [0.29, 0.717) is 0 Å². The number of fused-ring (bicyclic) bond motifs is 1. The largest absolute Gasteiger partial charge is 0.550 e. The number of imidazole rings is 1. The Kier molecular flexibility index (Phi) is 5.81. The van der Waals surface area contributed by atoms with E-state index in [-0.39, 0.29) is 15.8 Å². The lowest BCUT2D eigenvalue weighted by Crippen LogP contribution is -2.63. The summed E-state index contributed by atoms with van der Waals surface area (Å²) in [6, 6.07) is 0. The molecule has 1 aliphatic rings. The first kappa shape index (κ1) is 22.7. The maximum absolute atomic E-state index is 11.4. The smallest absolute Gasteiger partial charge is 0.169 e. The summed E-state index contributed by atoms with van der Waals surface area (Å²) in [5.41, 5.74) is -5.83. The summed E-state index contributed by atoms with van der Waals surface area (Å²) in [4.78, 5) is 44.0. The zero-order valence-electron chi connectivity index (χ0n) is 15.5. The zero-order chi connectivity index (χ0) is 23.1. The molecule has 1 unspecified atom stereocenters. The summed E-state index contributed by atoms with van der Waals surface area (Å²) < 4.78 is 6.50. The molecule has 0 aromatic carbocycles. The van der Waals surface area contributed by atoms with Gasteiger partial charge >= 0.3 is 0 Å². The van der Waals surface area contributed by atoms with Gasteiger partial charge in [-0.25, -0.2) is 9.97 Å². The van der Waals surface area contributed by atoms with Crippen molar-refractivity contribution < 1.29 is 49.8 Å². The molecule has 5 atom stereocenters. The molecule has 31 heavy (non-hydrogen) atoms. The Labute approximate surface area is 177 Å². The van der Waals surface area contributed by atoms with Crippen LogP contribution in [0.15, 0.2) is 12.7 Å². The average molecular weight is 455 g/mol. The molecule has 3 rings (SSSR count). The molecule has 4 N–H and O–H groups in total. The van der Waals surface area contributed by atoms with E-state index < -0.39 is 66.8 Å². The summed E-state index contributed by atoms with van der Waals surface area (Å²) in [5.74, 6) is -5.61. The van der Waals surface area contributed by atoms with Crippen LogP contribution in [0.5, 0.6) is 0 Å². The SMILES string of the molecule is O=C([O-])CC(O)[C@H]1O[C@@H](n2cnc3c(=S)nc[nH]c32)[C@@](O)(CC(=O)[O-])[C@@]1(O)CC(=O)[O-]. The van der Waals surface area contributed by atoms with Crippen LogP contribution in [0.25, 0.3) is 11.2 Å². The number of aromatic amines is 1. The van der Waals surface area contributed by atoms with E-state index in [9.17, 15) is 45.0 Å². The molecule has 0 spiro atoms. The number of ether oxygens (including phenoxy) is 1. The Hall–Kier alpha value is -2.98. The summed E-state index contributed by atoms with van der Waals surface area (Å²) >= 11 is 5.02. The lowest BCUT2D eigenvalue weighted by atomic mass is 9.73. The van der Waals surface area contributed by atoms with Crippen LogP contribution in [0.4, 0.5) is 0 Å². The Balaban J connectivity index is 2.22. The predicted molar refractivity (Wildman–Crippen MR) is 91.4 cm³/mol. The first-order valence-electron chi connectivity index (χ1n) is 8.68. The number of carbonyl (C=O) groups excluding carboxylic acids is 3. The van der Waals surface area contributed by atoms with Gasteiger partial charge in [0.2, 0.25) is 0 Å². The van der Waals surface area contributed by atoms with Crippen LogP contribution in [0, 0.1) is 4.64 Å². The maximum Gasteiger partial charge on any atom is 0.169 e. The molecule has 14 nitrogen and oxygen atoms in total. The van der Waals surface area contributed by atoms with Gasteiger partial charge in [-0.1, -0.05) is 12.2 Å². The van der Waals surface area contributed by atoms with Gasteiger partial charge in [0.05, 0.1) is 18.8 Å². The lowest BCUT2D eigenvalue weighted by Gasteiger charge is -2.42. The van der Waals surface area contributed by atoms with Crippen LogP contribution in [0.1, 0.15) is 25.5 Å². The van der Waals surface area contributed by atoms with Crippen molar-refractivity contribution in [3.05, 3.63) is 17.3 Å². The normalized spacial score (nSPS) is 29.1. The number of aliphatic hydroxyl groups is 3. The molecule has 0 saturated carbocycles. The number of aromatic nitrogens is 4. The van der Waals surface area contributed by atoms with Crippen molar-refractivity contribution in [2.75, 3.05) is 0 Å². The van der Waals surface area contributed by atoms with E-state index in [2.05, 4.69) is 15.0 Å². The summed E-state index contributed by atoms with van der Waals surface area (Å²) in [6.07, 6.45) is -7.75. The van der Waals surface area contributed by atoms with E-state index in [4.69, 9.17) is 17.0 Å². The molecule has 1 saturated heterocycles. The van der Waals surface area contributed by atoms with Crippen LogP contribution in [0.3, 0.4) is 0 Å². The van der Waals surface area contributed by atoms with Crippen molar-refractivity contribution in [2.45, 2.75) is 48.9 Å². The molecular weight excluding hydrogens is 440 g/mol. The monoisotopic (exact) mass is 455 g/mol. The number of nitrogens with one attached hydrogen (secondary N) is 1. The predicted octanol–water partition coefficient (Wildman–Crippen LogP) is -5.37. The standard InChI is InChI=1S/C16H18N4O10S/c21-6(1-7(22)23)11-15(28,2-8(24)25)16(29,3-9(26)27)14(30-11)20-5-19-10-12(20)17-4-18-13(10)31/h4-6,11,14,21,28-29H,1-3H2,(H,22,23)(H,24,25)(H,26,27)(H,17,18,31)/p-3/t6?,11-,14-,15-,16+/m1/s1. The van der Waals surface area contributed by atoms with E-state index in [1.54, 1.807) is 0 Å². The number of rotatable bonds is 8. The molecule has 0 bridgehead atoms. The minimum Gasteiger partial charge on any atom is -0.550 e. The summed E-state index contributed by atoms with van der Waals surface area (Å²) in [5, 5.41) is 66.3. The Morgan fingerprint density at radius 1 is 1.16 bits per heavy atom. The summed E-state index contributed by atoms with van der Waals surface area (Å²) in [6.45, 7) is 0. The molecule has 15 heteroatoms. The first-order chi connectivity index (χ1) is 14.4. The van der Waals surface area contributed by atoms with E-state index >= 15 is 0 Å². The van der Waals surface area contributed by atoms with Crippen molar-refractivity contribution >= 4 is 41.3 Å². The third-order valence-electron chi connectivity index (χ3n) is 5.09. The van der Waals surface area contributed by atoms with Crippen LogP contribution in [-0.4, -0.2) is 76.2 Å². The van der Waals surface area contributed by atoms with Crippen molar-refractivity contribution in [1.82, 2.24) is 19.5 Å². The molecule has 168 valence electrons. The van der Waals surface area contributed by atoms with Gasteiger partial charge in [-0.3, -0.25) is 4.57 Å². The highest BCUT2D eigenvalue weighted by molar-refractivity contribution is 7.71. The molecule has 1 aliphatic heterocycles. The molecule has 0 amide bonds. The molecule has 0 radical (unpaired) electrons. The first-order valence-corrected chi connectivity index (χ1v) is 9.09. The van der Waals surface area contributed by atoms with Crippen molar-refractivity contribution in [2.24, 2.45) is 0 Å². The number of nitrogens with zero attached hydrogens (tertiary/aromatic N) is 3. The minimum absolute atomic E-state index is 0.0208. The molecule has 0 aliphatic carbocycles. The number of hydrogen-bond donors (Lipinski definition) is 4. The number of carbonyl (C=O) groups is 3. The zero-order valence-corrected chi connectivity index (χ0v) is 16.3. The van der Waals surface area contributed by atoms with Gasteiger partial charge in [0.15, 0.2) is 10.9 Å². The average Bonchev–Trinajstić information content (AvgIpc) is 3.12. The van der Waals surface area contributed by atoms with Gasteiger partial charge in [-0.15, -0.1) is 0 Å². The van der Waals surface area contributed by atoms with Gasteiger partial charge in [0.1, 0.15) is 28.5 Å². The molecule has 2 aromatic rings. The summed E-state index contributed by atoms with van der Waals surface area (Å²) in [7, 11) is 0. The maximum atomic E-state index is 11.4. The van der Waals surface area contributed by atoms with Gasteiger partial charge in [-0.2, -0.15) is 0 Å². The quantitative estimate of drug-likeness (QED) is 0.272. The lowest BCUT2D eigenvalue weighted by molar-refractivity contribution is -0.321. The van der Waals surface area contributed by atoms with E-state index in [1.807, 2.05) is 0 Å². The van der Waals surface area contributed by atoms with Crippen LogP contribution >= 0.6 is 12.2 Å². The third-order valence-corrected chi connectivity index (χ3v) is 5.39. The highest BCUT2D eigenvalue weighted by Crippen LogP contribution is 2.51. The minimum atomic E-state index is -3.02. The van der Waals surface area contributed by atoms with Crippen molar-refractivity contribution in [1.29, 1.82) is 0 Å². The number of hydrogen-bond acceptors (Lipinski definition) is 13. The fourth-order valence-corrected chi connectivity index (χ4v) is 3.99. The number of aliphatic hydroxyl groups excluding tert-OH is 1. The molecule has 3 heterocycles. The molecule has 1 fully saturated rings. The highest BCUT2D eigenvalue weighted by Gasteiger charge is 2.67. The van der Waals surface area contributed by atoms with Gasteiger partial charge in [0.25, 0.3) is 0 Å².